The molecule has 0 saturated carbocycles. The van der Waals surface area contributed by atoms with Crippen LogP contribution in [-0.4, -0.2) is 27.6 Å². The van der Waals surface area contributed by atoms with Crippen molar-refractivity contribution in [2.24, 2.45) is 0 Å². The third-order valence-corrected chi connectivity index (χ3v) is 1.19. The summed E-state index contributed by atoms with van der Waals surface area (Å²) < 4.78 is 0. The third-order valence-electron chi connectivity index (χ3n) is 1.19. The van der Waals surface area contributed by atoms with Crippen LogP contribution in [0.5, 0.6) is 0 Å². The Bertz CT molecular complexity index is 288. The maximum absolute atomic E-state index is 10.1. The quantitative estimate of drug-likeness (QED) is 0.676. The normalized spacial score (nSPS) is 9.42. The minimum Gasteiger partial charge on any atom is -0.480 e. The first-order valence-corrected chi connectivity index (χ1v) is 3.44. The van der Waals surface area contributed by atoms with Crippen molar-refractivity contribution in [1.82, 2.24) is 9.97 Å². The van der Waals surface area contributed by atoms with Gasteiger partial charge in [-0.3, -0.25) is 4.79 Å². The molecule has 0 aliphatic heterocycles. The SMILES string of the molecule is Cc1ccnc(NCC(=O)O)n1. The second-order valence-electron chi connectivity index (χ2n) is 2.27. The predicted molar refractivity (Wildman–Crippen MR) is 42.9 cm³/mol. The summed E-state index contributed by atoms with van der Waals surface area (Å²) in [6.07, 6.45) is 1.58. The van der Waals surface area contributed by atoms with Gasteiger partial charge in [0.2, 0.25) is 5.95 Å². The van der Waals surface area contributed by atoms with Gasteiger partial charge in [-0.1, -0.05) is 0 Å². The molecule has 0 radical (unpaired) electrons. The molecule has 0 atom stereocenters. The molecule has 0 bridgehead atoms. The molecule has 5 heteroatoms. The van der Waals surface area contributed by atoms with Crippen LogP contribution in [0.1, 0.15) is 5.69 Å². The molecule has 64 valence electrons. The van der Waals surface area contributed by atoms with Crippen LogP contribution >= 0.6 is 0 Å². The van der Waals surface area contributed by atoms with Gasteiger partial charge in [-0.25, -0.2) is 9.97 Å². The average molecular weight is 167 g/mol. The van der Waals surface area contributed by atoms with Crippen molar-refractivity contribution in [3.8, 4) is 0 Å². The molecular formula is C7H9N3O2. The van der Waals surface area contributed by atoms with Crippen LogP contribution in [0.2, 0.25) is 0 Å². The van der Waals surface area contributed by atoms with Gasteiger partial charge in [0.15, 0.2) is 0 Å². The lowest BCUT2D eigenvalue weighted by atomic mass is 10.5. The molecule has 2 N–H and O–H groups in total. The Kier molecular flexibility index (Phi) is 2.57. The van der Waals surface area contributed by atoms with Gasteiger partial charge < -0.3 is 10.4 Å². The Hall–Kier alpha value is -1.65. The molecule has 0 unspecified atom stereocenters. The number of aryl methyl sites for hydroxylation is 1. The van der Waals surface area contributed by atoms with Gasteiger partial charge in [-0.15, -0.1) is 0 Å². The zero-order valence-electron chi connectivity index (χ0n) is 6.61. The zero-order valence-corrected chi connectivity index (χ0v) is 6.61. The lowest BCUT2D eigenvalue weighted by molar-refractivity contribution is -0.134. The van der Waals surface area contributed by atoms with Gasteiger partial charge in [-0.05, 0) is 13.0 Å². The maximum atomic E-state index is 10.1. The van der Waals surface area contributed by atoms with Crippen molar-refractivity contribution >= 4 is 11.9 Å². The van der Waals surface area contributed by atoms with Crippen LogP contribution in [-0.2, 0) is 4.79 Å². The molecule has 5 nitrogen and oxygen atoms in total. The van der Waals surface area contributed by atoms with E-state index in [1.54, 1.807) is 12.3 Å². The van der Waals surface area contributed by atoms with Gasteiger partial charge in [0.1, 0.15) is 6.54 Å². The first-order valence-electron chi connectivity index (χ1n) is 3.44. The number of anilines is 1. The molecule has 0 fully saturated rings. The average Bonchev–Trinajstić information content (AvgIpc) is 2.01. The maximum Gasteiger partial charge on any atom is 0.322 e. The molecule has 0 spiro atoms. The van der Waals surface area contributed by atoms with E-state index >= 15 is 0 Å². The van der Waals surface area contributed by atoms with Gasteiger partial charge in [0.05, 0.1) is 0 Å². The number of aliphatic carboxylic acids is 1. The summed E-state index contributed by atoms with van der Waals surface area (Å²) in [5.41, 5.74) is 0.804. The highest BCUT2D eigenvalue weighted by atomic mass is 16.4. The summed E-state index contributed by atoms with van der Waals surface area (Å²) in [6.45, 7) is 1.65. The lowest BCUT2D eigenvalue weighted by Gasteiger charge is -2.00. The van der Waals surface area contributed by atoms with Crippen LogP contribution < -0.4 is 5.32 Å². The lowest BCUT2D eigenvalue weighted by Crippen LogP contribution is -2.14. The van der Waals surface area contributed by atoms with Gasteiger partial charge in [0.25, 0.3) is 0 Å². The Morgan fingerprint density at radius 2 is 2.50 bits per heavy atom. The van der Waals surface area contributed by atoms with E-state index in [1.807, 2.05) is 6.92 Å². The van der Waals surface area contributed by atoms with Crippen LogP contribution in [0.15, 0.2) is 12.3 Å². The molecule has 0 amide bonds. The Balaban J connectivity index is 2.57. The monoisotopic (exact) mass is 167 g/mol. The van der Waals surface area contributed by atoms with E-state index in [4.69, 9.17) is 5.11 Å². The number of nitrogens with zero attached hydrogens (tertiary/aromatic N) is 2. The van der Waals surface area contributed by atoms with Crippen molar-refractivity contribution < 1.29 is 9.90 Å². The minimum absolute atomic E-state index is 0.163. The summed E-state index contributed by atoms with van der Waals surface area (Å²) in [6, 6.07) is 1.74. The predicted octanol–water partition coefficient (Wildman–Crippen LogP) is 0.282. The summed E-state index contributed by atoms with van der Waals surface area (Å²) in [5.74, 6) is -0.586. The topological polar surface area (TPSA) is 75.1 Å². The van der Waals surface area contributed by atoms with Gasteiger partial charge >= 0.3 is 5.97 Å². The molecule has 0 aromatic carbocycles. The number of rotatable bonds is 3. The number of aromatic nitrogens is 2. The number of hydrogen-bond donors (Lipinski definition) is 2. The van der Waals surface area contributed by atoms with Crippen LogP contribution in [0, 0.1) is 6.92 Å². The van der Waals surface area contributed by atoms with Crippen molar-refractivity contribution in [1.29, 1.82) is 0 Å². The van der Waals surface area contributed by atoms with Crippen LogP contribution in [0.4, 0.5) is 5.95 Å². The van der Waals surface area contributed by atoms with Crippen molar-refractivity contribution in [2.75, 3.05) is 11.9 Å². The smallest absolute Gasteiger partial charge is 0.322 e. The van der Waals surface area contributed by atoms with E-state index in [1.165, 1.54) is 0 Å². The minimum atomic E-state index is -0.930. The molecule has 1 heterocycles. The molecule has 1 aromatic heterocycles. The van der Waals surface area contributed by atoms with E-state index < -0.39 is 5.97 Å². The number of carboxylic acids is 1. The largest absolute Gasteiger partial charge is 0.480 e. The van der Waals surface area contributed by atoms with Crippen molar-refractivity contribution in [3.63, 3.8) is 0 Å². The molecule has 12 heavy (non-hydrogen) atoms. The molecule has 0 saturated heterocycles. The molecule has 0 aliphatic carbocycles. The summed E-state index contributed by atoms with van der Waals surface area (Å²) in [5, 5.41) is 10.9. The van der Waals surface area contributed by atoms with Crippen molar-refractivity contribution in [3.05, 3.63) is 18.0 Å². The molecular weight excluding hydrogens is 158 g/mol. The summed E-state index contributed by atoms with van der Waals surface area (Å²) in [7, 11) is 0. The number of nitrogens with one attached hydrogen (secondary N) is 1. The second-order valence-corrected chi connectivity index (χ2v) is 2.27. The van der Waals surface area contributed by atoms with E-state index in [-0.39, 0.29) is 6.54 Å². The standard InChI is InChI=1S/C7H9N3O2/c1-5-2-3-8-7(10-5)9-4-6(11)12/h2-3H,4H2,1H3,(H,11,12)(H,8,9,10). The fourth-order valence-corrected chi connectivity index (χ4v) is 0.689. The molecule has 0 aliphatic rings. The van der Waals surface area contributed by atoms with Crippen molar-refractivity contribution in [2.45, 2.75) is 6.92 Å². The Morgan fingerprint density at radius 1 is 1.75 bits per heavy atom. The first-order chi connectivity index (χ1) is 5.68. The highest BCUT2D eigenvalue weighted by Gasteiger charge is 1.98. The second kappa shape index (κ2) is 3.66. The third kappa shape index (κ3) is 2.53. The zero-order chi connectivity index (χ0) is 8.97. The van der Waals surface area contributed by atoms with Crippen LogP contribution in [0.25, 0.3) is 0 Å². The summed E-state index contributed by atoms with van der Waals surface area (Å²) >= 11 is 0. The number of carboxylic acid groups (broad SMARTS) is 1. The first kappa shape index (κ1) is 8.45. The molecule has 1 rings (SSSR count). The van der Waals surface area contributed by atoms with E-state index in [2.05, 4.69) is 15.3 Å². The summed E-state index contributed by atoms with van der Waals surface area (Å²) in [4.78, 5) is 17.9. The van der Waals surface area contributed by atoms with Gasteiger partial charge in [-0.2, -0.15) is 0 Å². The Labute approximate surface area is 69.5 Å². The highest BCUT2D eigenvalue weighted by Crippen LogP contribution is 1.97. The highest BCUT2D eigenvalue weighted by molar-refractivity contribution is 5.71. The van der Waals surface area contributed by atoms with E-state index in [9.17, 15) is 4.79 Å². The fraction of sp³-hybridized carbons (Fsp3) is 0.286. The van der Waals surface area contributed by atoms with E-state index in [0.717, 1.165) is 5.69 Å². The van der Waals surface area contributed by atoms with Gasteiger partial charge in [0, 0.05) is 11.9 Å². The number of carbonyl (C=O) groups is 1. The van der Waals surface area contributed by atoms with Crippen LogP contribution in [0.3, 0.4) is 0 Å². The van der Waals surface area contributed by atoms with E-state index in [0.29, 0.717) is 5.95 Å². The number of hydrogen-bond acceptors (Lipinski definition) is 4. The Morgan fingerprint density at radius 3 is 3.08 bits per heavy atom. The fourth-order valence-electron chi connectivity index (χ4n) is 0.689. The molecule has 1 aromatic rings.